The number of hydrogen-bond donors (Lipinski definition) is 1. The summed E-state index contributed by atoms with van der Waals surface area (Å²) >= 11 is 0.545. The molecule has 1 aromatic heterocycles. The van der Waals surface area contributed by atoms with E-state index in [4.69, 9.17) is 4.74 Å². The molecule has 0 unspecified atom stereocenters. The number of nitrogens with zero attached hydrogens (tertiary/aromatic N) is 2. The molecule has 1 fully saturated rings. The quantitative estimate of drug-likeness (QED) is 0.664. The summed E-state index contributed by atoms with van der Waals surface area (Å²) in [5, 5.41) is 3.78. The summed E-state index contributed by atoms with van der Waals surface area (Å²) in [5.74, 6) is 1.93. The van der Waals surface area contributed by atoms with Gasteiger partial charge in [-0.3, -0.25) is 0 Å². The van der Waals surface area contributed by atoms with Crippen molar-refractivity contribution in [2.45, 2.75) is 48.7 Å². The van der Waals surface area contributed by atoms with E-state index in [1.807, 2.05) is 25.2 Å². The molecule has 1 radical (unpaired) electrons. The van der Waals surface area contributed by atoms with Crippen molar-refractivity contribution in [1.29, 1.82) is 0 Å². The molecule has 1 N–H and O–H groups in total. The fraction of sp³-hybridized carbons (Fsp3) is 0.500. The van der Waals surface area contributed by atoms with Gasteiger partial charge in [0, 0.05) is 14.1 Å². The van der Waals surface area contributed by atoms with Crippen LogP contribution in [0.25, 0.3) is 11.1 Å². The Bertz CT molecular complexity index is 742. The zero-order valence-corrected chi connectivity index (χ0v) is 18.8. The molecule has 27 heavy (non-hydrogen) atoms. The summed E-state index contributed by atoms with van der Waals surface area (Å²) in [7, 11) is 5.79. The van der Waals surface area contributed by atoms with Crippen LogP contribution in [-0.2, 0) is 6.54 Å². The van der Waals surface area contributed by atoms with E-state index >= 15 is 0 Å². The Morgan fingerprint density at radius 1 is 1.11 bits per heavy atom. The first kappa shape index (κ1) is 20.2. The van der Waals surface area contributed by atoms with Gasteiger partial charge in [-0.2, -0.15) is 0 Å². The van der Waals surface area contributed by atoms with Crippen LogP contribution in [0.2, 0.25) is 10.4 Å². The summed E-state index contributed by atoms with van der Waals surface area (Å²) in [6.07, 6.45) is 7.30. The number of rotatable bonds is 7. The Hall–Kier alpha value is -1.51. The van der Waals surface area contributed by atoms with Crippen molar-refractivity contribution in [1.82, 2.24) is 10.3 Å². The van der Waals surface area contributed by atoms with Gasteiger partial charge < -0.3 is 4.90 Å². The summed E-state index contributed by atoms with van der Waals surface area (Å²) in [6, 6.07) is 11.3. The summed E-state index contributed by atoms with van der Waals surface area (Å²) in [4.78, 5) is 6.45. The molecule has 0 amide bonds. The van der Waals surface area contributed by atoms with Crippen LogP contribution in [0.5, 0.6) is 5.75 Å². The fourth-order valence-electron chi connectivity index (χ4n) is 3.73. The first-order valence-electron chi connectivity index (χ1n) is 9.73. The molecule has 1 aliphatic rings. The molecule has 0 bridgehead atoms. The molecule has 145 valence electrons. The van der Waals surface area contributed by atoms with E-state index in [-0.39, 0.29) is 0 Å². The zero-order valence-electron chi connectivity index (χ0n) is 16.9. The molecule has 1 heterocycles. The predicted molar refractivity (Wildman–Crippen MR) is 115 cm³/mol. The average Bonchev–Trinajstić information content (AvgIpc) is 2.72. The van der Waals surface area contributed by atoms with Crippen LogP contribution in [-0.4, -0.2) is 48.0 Å². The van der Waals surface area contributed by atoms with Gasteiger partial charge in [0.1, 0.15) is 0 Å². The fourth-order valence-corrected chi connectivity index (χ4v) is 5.44. The molecule has 1 aliphatic carbocycles. The van der Waals surface area contributed by atoms with E-state index in [2.05, 4.69) is 46.3 Å². The van der Waals surface area contributed by atoms with Gasteiger partial charge in [-0.25, -0.2) is 4.98 Å². The normalized spacial score (nSPS) is 20.1. The second-order valence-electron chi connectivity index (χ2n) is 7.47. The van der Waals surface area contributed by atoms with Crippen LogP contribution < -0.4 is 15.0 Å². The molecule has 5 heteroatoms. The zero-order chi connectivity index (χ0) is 19.2. The predicted octanol–water partition coefficient (Wildman–Crippen LogP) is 4.40. The molecule has 0 atom stereocenters. The molecule has 1 aromatic carbocycles. The van der Waals surface area contributed by atoms with Crippen molar-refractivity contribution in [2.24, 2.45) is 0 Å². The van der Waals surface area contributed by atoms with Gasteiger partial charge in [-0.15, -0.1) is 0 Å². The number of methoxy groups -OCH3 is 1. The molecule has 3 rings (SSSR count). The molecule has 0 saturated heterocycles. The number of pyridine rings is 1. The second kappa shape index (κ2) is 9.61. The van der Waals surface area contributed by atoms with Gasteiger partial charge in [-0.05, 0) is 0 Å². The number of nitrogens with one attached hydrogen (secondary N) is 1. The summed E-state index contributed by atoms with van der Waals surface area (Å²) in [5.41, 5.74) is 6.02. The van der Waals surface area contributed by atoms with Crippen molar-refractivity contribution < 1.29 is 4.74 Å². The van der Waals surface area contributed by atoms with Crippen molar-refractivity contribution >= 4 is 21.6 Å². The van der Waals surface area contributed by atoms with E-state index in [9.17, 15) is 0 Å². The number of aromatic nitrogens is 1. The van der Waals surface area contributed by atoms with Crippen LogP contribution in [0, 0.1) is 0 Å². The molecule has 0 spiro atoms. The van der Waals surface area contributed by atoms with Crippen molar-refractivity contribution in [3.05, 3.63) is 42.1 Å². The van der Waals surface area contributed by atoms with Crippen LogP contribution in [0.4, 0.5) is 5.82 Å². The molecule has 0 aliphatic heterocycles. The van der Waals surface area contributed by atoms with Crippen LogP contribution in [0.3, 0.4) is 0 Å². The molecular weight excluding hydrogens is 397 g/mol. The van der Waals surface area contributed by atoms with Crippen molar-refractivity contribution in [3.63, 3.8) is 0 Å². The molecule has 4 nitrogen and oxygen atoms in total. The van der Waals surface area contributed by atoms with E-state index in [1.54, 1.807) is 7.11 Å². The van der Waals surface area contributed by atoms with Crippen LogP contribution >= 0.6 is 0 Å². The average molecular weight is 428 g/mol. The minimum absolute atomic E-state index is 0.545. The molecular formula is C22H31AsN3O. The van der Waals surface area contributed by atoms with Gasteiger partial charge in [0.05, 0.1) is 0 Å². The first-order valence-corrected chi connectivity index (χ1v) is 12.7. The van der Waals surface area contributed by atoms with Gasteiger partial charge in [-0.1, -0.05) is 0 Å². The number of ether oxygens (including phenoxy) is 1. The number of anilines is 1. The minimum atomic E-state index is 0.545. The maximum atomic E-state index is 5.62. The second-order valence-corrected chi connectivity index (χ2v) is 10.1. The molecule has 1 saturated carbocycles. The van der Waals surface area contributed by atoms with Gasteiger partial charge in [0.2, 0.25) is 0 Å². The SMILES string of the molecule is COc1ccc(-c2ccnc(N(C)C)c2)cc1CNC1CCC([As]C)CC1. The summed E-state index contributed by atoms with van der Waals surface area (Å²) < 4.78 is 6.64. The van der Waals surface area contributed by atoms with Gasteiger partial charge in [0.25, 0.3) is 0 Å². The third-order valence-electron chi connectivity index (χ3n) is 5.46. The van der Waals surface area contributed by atoms with Crippen molar-refractivity contribution in [2.75, 3.05) is 26.1 Å². The number of benzene rings is 1. The van der Waals surface area contributed by atoms with Crippen LogP contribution in [0.15, 0.2) is 36.5 Å². The van der Waals surface area contributed by atoms with Gasteiger partial charge >= 0.3 is 146 Å². The monoisotopic (exact) mass is 428 g/mol. The third-order valence-corrected chi connectivity index (χ3v) is 8.08. The Morgan fingerprint density at radius 3 is 2.52 bits per heavy atom. The van der Waals surface area contributed by atoms with E-state index in [0.717, 1.165) is 22.8 Å². The van der Waals surface area contributed by atoms with E-state index < -0.39 is 0 Å². The maximum absolute atomic E-state index is 5.62. The Morgan fingerprint density at radius 2 is 1.85 bits per heavy atom. The van der Waals surface area contributed by atoms with Gasteiger partial charge in [0.15, 0.2) is 0 Å². The number of hydrogen-bond acceptors (Lipinski definition) is 4. The van der Waals surface area contributed by atoms with Crippen molar-refractivity contribution in [3.8, 4) is 16.9 Å². The summed E-state index contributed by atoms with van der Waals surface area (Å²) in [6.45, 7) is 0.859. The Balaban J connectivity index is 1.73. The standard InChI is InChI=1S/C22H31AsN3O/c1-23-19-6-8-20(9-7-19)25-15-18-13-16(5-10-21(18)27-4)17-11-12-24-22(14-17)26(2)3/h5,10-14,19-20,25H,6-9,15H2,1-4H3. The Kier molecular flexibility index (Phi) is 7.20. The van der Waals surface area contributed by atoms with E-state index in [0.29, 0.717) is 21.8 Å². The van der Waals surface area contributed by atoms with E-state index in [1.165, 1.54) is 42.4 Å². The van der Waals surface area contributed by atoms with Crippen LogP contribution in [0.1, 0.15) is 31.2 Å². The molecule has 2 aromatic rings. The topological polar surface area (TPSA) is 37.4 Å². The first-order chi connectivity index (χ1) is 13.1. The third kappa shape index (κ3) is 5.27. The Labute approximate surface area is 170 Å².